The molecule has 1 aliphatic rings. The first kappa shape index (κ1) is 16.2. The van der Waals surface area contributed by atoms with Crippen LogP contribution in [0.5, 0.6) is 0 Å². The molecular weight excluding hydrogens is 256 g/mol. The summed E-state index contributed by atoms with van der Waals surface area (Å²) in [6.07, 6.45) is 1.97. The highest BCUT2D eigenvalue weighted by Crippen LogP contribution is 2.13. The van der Waals surface area contributed by atoms with E-state index >= 15 is 0 Å². The Hall–Kier alpha value is -1.90. The third-order valence-electron chi connectivity index (χ3n) is 3.49. The lowest BCUT2D eigenvalue weighted by molar-refractivity contribution is -0.506. The largest absolute Gasteiger partial charge is 0.417 e. The predicted molar refractivity (Wildman–Crippen MR) is 74.5 cm³/mol. The monoisotopic (exact) mass is 279 g/mol. The average molecular weight is 279 g/mol. The third-order valence-corrected chi connectivity index (χ3v) is 3.49. The Kier molecular flexibility index (Phi) is 5.26. The lowest BCUT2D eigenvalue weighted by Crippen LogP contribution is -2.84. The summed E-state index contributed by atoms with van der Waals surface area (Å²) in [5.41, 5.74) is 0. The van der Waals surface area contributed by atoms with Gasteiger partial charge < -0.3 is 0 Å². The molecule has 110 valence electrons. The molecule has 1 aliphatic heterocycles. The smallest absolute Gasteiger partial charge is 0.274 e. The van der Waals surface area contributed by atoms with E-state index in [0.717, 1.165) is 17.7 Å². The maximum absolute atomic E-state index is 12.0. The van der Waals surface area contributed by atoms with Gasteiger partial charge in [-0.25, -0.2) is 9.69 Å². The molecule has 2 unspecified atom stereocenters. The number of hydrogen-bond donors (Lipinski definition) is 1. The zero-order valence-corrected chi connectivity index (χ0v) is 12.8. The molecule has 0 saturated carbocycles. The van der Waals surface area contributed by atoms with Gasteiger partial charge in [0, 0.05) is 7.05 Å². The van der Waals surface area contributed by atoms with Crippen molar-refractivity contribution in [3.8, 4) is 6.07 Å². The molecule has 0 bridgehead atoms. The van der Waals surface area contributed by atoms with Crippen LogP contribution in [0, 0.1) is 23.2 Å². The van der Waals surface area contributed by atoms with Crippen LogP contribution in [0.3, 0.4) is 0 Å². The van der Waals surface area contributed by atoms with E-state index in [0.29, 0.717) is 11.8 Å². The van der Waals surface area contributed by atoms with E-state index < -0.39 is 17.9 Å². The molecule has 1 N–H and O–H groups in total. The zero-order valence-electron chi connectivity index (χ0n) is 12.8. The van der Waals surface area contributed by atoms with Crippen LogP contribution in [0.2, 0.25) is 0 Å². The van der Waals surface area contributed by atoms with E-state index in [1.807, 2.05) is 13.0 Å². The molecule has 1 rings (SSSR count). The molecule has 6 heteroatoms. The summed E-state index contributed by atoms with van der Waals surface area (Å²) < 4.78 is 0. The number of nitrogens with one attached hydrogen (secondary N) is 1. The van der Waals surface area contributed by atoms with Crippen LogP contribution in [-0.4, -0.2) is 47.7 Å². The molecule has 0 aromatic carbocycles. The molecule has 0 radical (unpaired) electrons. The van der Waals surface area contributed by atoms with Crippen LogP contribution in [-0.2, 0) is 4.79 Å². The van der Waals surface area contributed by atoms with Crippen molar-refractivity contribution in [2.24, 2.45) is 11.8 Å². The van der Waals surface area contributed by atoms with E-state index in [9.17, 15) is 14.9 Å². The van der Waals surface area contributed by atoms with Crippen molar-refractivity contribution in [1.29, 1.82) is 5.26 Å². The van der Waals surface area contributed by atoms with Crippen LogP contribution >= 0.6 is 0 Å². The standard InChI is InChI=1S/C14H22N4O2/c1-9(2)6-7-10(3)16-12-11(8-15)13(19)18(5)14(20)17(12)4/h9-11H,6-7H2,1-5H3/p+1. The molecule has 1 fully saturated rings. The van der Waals surface area contributed by atoms with Gasteiger partial charge in [-0.15, -0.1) is 0 Å². The van der Waals surface area contributed by atoms with Gasteiger partial charge in [-0.3, -0.25) is 9.79 Å². The number of carbonyl (C=O) groups excluding carboxylic acids is 2. The number of amidine groups is 1. The van der Waals surface area contributed by atoms with Crippen LogP contribution in [0.15, 0.2) is 0 Å². The second kappa shape index (κ2) is 6.51. The van der Waals surface area contributed by atoms with Crippen molar-refractivity contribution in [2.45, 2.75) is 39.7 Å². The predicted octanol–water partition coefficient (Wildman–Crippen LogP) is -0.0462. The molecule has 20 heavy (non-hydrogen) atoms. The van der Waals surface area contributed by atoms with E-state index in [1.54, 1.807) is 7.05 Å². The molecular formula is C14H23N4O2+. The van der Waals surface area contributed by atoms with E-state index in [-0.39, 0.29) is 6.04 Å². The fraction of sp³-hybridized carbons (Fsp3) is 0.714. The van der Waals surface area contributed by atoms with Crippen molar-refractivity contribution in [1.82, 2.24) is 9.80 Å². The van der Waals surface area contributed by atoms with E-state index in [2.05, 4.69) is 18.8 Å². The number of imide groups is 1. The van der Waals surface area contributed by atoms with E-state index in [1.165, 1.54) is 11.9 Å². The fourth-order valence-corrected chi connectivity index (χ4v) is 2.13. The molecule has 6 nitrogen and oxygen atoms in total. The summed E-state index contributed by atoms with van der Waals surface area (Å²) >= 11 is 0. The van der Waals surface area contributed by atoms with Gasteiger partial charge in [-0.1, -0.05) is 13.8 Å². The van der Waals surface area contributed by atoms with Crippen LogP contribution in [0.1, 0.15) is 33.6 Å². The van der Waals surface area contributed by atoms with Gasteiger partial charge in [0.15, 0.2) is 0 Å². The Morgan fingerprint density at radius 1 is 1.20 bits per heavy atom. The van der Waals surface area contributed by atoms with Gasteiger partial charge in [0.05, 0.1) is 19.2 Å². The minimum atomic E-state index is -0.941. The normalized spacial score (nSPS) is 23.4. The lowest BCUT2D eigenvalue weighted by Gasteiger charge is -2.27. The molecule has 0 aliphatic carbocycles. The number of nitrogens with zero attached hydrogens (tertiary/aromatic N) is 3. The molecule has 1 heterocycles. The first-order chi connectivity index (χ1) is 9.29. The van der Waals surface area contributed by atoms with Crippen molar-refractivity contribution in [3.05, 3.63) is 0 Å². The first-order valence-electron chi connectivity index (χ1n) is 6.87. The average Bonchev–Trinajstić information content (AvgIpc) is 2.40. The molecule has 0 aromatic rings. The quantitative estimate of drug-likeness (QED) is 0.784. The summed E-state index contributed by atoms with van der Waals surface area (Å²) in [4.78, 5) is 29.4. The highest BCUT2D eigenvalue weighted by Gasteiger charge is 2.47. The van der Waals surface area contributed by atoms with Crippen LogP contribution < -0.4 is 4.99 Å². The Bertz CT molecular complexity index is 464. The number of urea groups is 1. The topological polar surface area (TPSA) is 78.4 Å². The zero-order chi connectivity index (χ0) is 15.4. The minimum Gasteiger partial charge on any atom is -0.274 e. The van der Waals surface area contributed by atoms with Crippen molar-refractivity contribution in [2.75, 3.05) is 14.1 Å². The highest BCUT2D eigenvalue weighted by molar-refractivity contribution is 6.17. The van der Waals surface area contributed by atoms with Gasteiger partial charge >= 0.3 is 6.03 Å². The van der Waals surface area contributed by atoms with Gasteiger partial charge in [0.1, 0.15) is 0 Å². The van der Waals surface area contributed by atoms with Gasteiger partial charge in [-0.2, -0.15) is 10.2 Å². The second-order valence-corrected chi connectivity index (χ2v) is 5.70. The maximum atomic E-state index is 12.0. The fourth-order valence-electron chi connectivity index (χ4n) is 2.13. The highest BCUT2D eigenvalue weighted by atomic mass is 16.2. The number of hydrogen-bond acceptors (Lipinski definition) is 3. The Labute approximate surface area is 120 Å². The van der Waals surface area contributed by atoms with Gasteiger partial charge in [0.25, 0.3) is 11.7 Å². The van der Waals surface area contributed by atoms with Crippen LogP contribution in [0.4, 0.5) is 4.79 Å². The molecule has 0 aromatic heterocycles. The van der Waals surface area contributed by atoms with Crippen molar-refractivity contribution >= 4 is 17.8 Å². The number of nitriles is 1. The van der Waals surface area contributed by atoms with Crippen molar-refractivity contribution in [3.63, 3.8) is 0 Å². The van der Waals surface area contributed by atoms with Crippen molar-refractivity contribution < 1.29 is 14.6 Å². The third kappa shape index (κ3) is 3.35. The summed E-state index contributed by atoms with van der Waals surface area (Å²) in [5.74, 6) is -0.440. The van der Waals surface area contributed by atoms with Crippen LogP contribution in [0.25, 0.3) is 0 Å². The summed E-state index contributed by atoms with van der Waals surface area (Å²) in [6.45, 7) is 6.28. The number of rotatable bonds is 4. The number of amides is 3. The summed E-state index contributed by atoms with van der Waals surface area (Å²) in [6, 6.07) is 1.66. The summed E-state index contributed by atoms with van der Waals surface area (Å²) in [5, 5.41) is 9.19. The molecule has 1 saturated heterocycles. The second-order valence-electron chi connectivity index (χ2n) is 5.70. The SMILES string of the molecule is CC(C)CCC(C)[NH+]=C1C(C#N)C(=O)N(C)C(=O)N1C. The molecule has 3 amide bonds. The van der Waals surface area contributed by atoms with Gasteiger partial charge in [0.2, 0.25) is 5.92 Å². The number of carbonyl (C=O) groups is 2. The summed E-state index contributed by atoms with van der Waals surface area (Å²) in [7, 11) is 2.97. The van der Waals surface area contributed by atoms with Gasteiger partial charge in [-0.05, 0) is 25.7 Å². The molecule has 0 spiro atoms. The molecule has 2 atom stereocenters. The Morgan fingerprint density at radius 2 is 1.80 bits per heavy atom. The van der Waals surface area contributed by atoms with E-state index in [4.69, 9.17) is 0 Å². The maximum Gasteiger partial charge on any atom is 0.417 e. The Balaban J connectivity index is 2.97. The minimum absolute atomic E-state index is 0.106. The first-order valence-corrected chi connectivity index (χ1v) is 6.87. The Morgan fingerprint density at radius 3 is 2.30 bits per heavy atom. The lowest BCUT2D eigenvalue weighted by atomic mass is 10.0.